The van der Waals surface area contributed by atoms with Crippen LogP contribution in [-0.2, 0) is 4.79 Å². The third-order valence-corrected chi connectivity index (χ3v) is 3.22. The van der Waals surface area contributed by atoms with Crippen molar-refractivity contribution in [2.75, 3.05) is 24.9 Å². The normalized spacial score (nSPS) is 11.4. The smallest absolute Gasteiger partial charge is 0.246 e. The second kappa shape index (κ2) is 7.36. The minimum absolute atomic E-state index is 0.121. The van der Waals surface area contributed by atoms with Crippen molar-refractivity contribution >= 4 is 17.3 Å². The summed E-state index contributed by atoms with van der Waals surface area (Å²) in [5, 5.41) is 6.00. The highest BCUT2D eigenvalue weighted by atomic mass is 16.5. The Morgan fingerprint density at radius 1 is 1.05 bits per heavy atom. The van der Waals surface area contributed by atoms with Crippen molar-refractivity contribution in [1.82, 2.24) is 0 Å². The van der Waals surface area contributed by atoms with Crippen LogP contribution in [0.15, 0.2) is 48.5 Å². The first kappa shape index (κ1) is 15.7. The van der Waals surface area contributed by atoms with E-state index in [1.54, 1.807) is 27.2 Å². The van der Waals surface area contributed by atoms with Crippen LogP contribution in [0.5, 0.6) is 11.5 Å². The second-order valence-corrected chi connectivity index (χ2v) is 4.79. The number of carbonyl (C=O) groups excluding carboxylic acids is 1. The highest BCUT2D eigenvalue weighted by Crippen LogP contribution is 2.29. The maximum Gasteiger partial charge on any atom is 0.246 e. The summed E-state index contributed by atoms with van der Waals surface area (Å²) in [4.78, 5) is 12.2. The molecular weight excluding hydrogens is 280 g/mol. The number of methoxy groups -OCH3 is 2. The van der Waals surface area contributed by atoms with Gasteiger partial charge in [0.05, 0.1) is 19.9 Å². The summed E-state index contributed by atoms with van der Waals surface area (Å²) in [6, 6.07) is 14.3. The fourth-order valence-electron chi connectivity index (χ4n) is 1.99. The Hall–Kier alpha value is -2.69. The largest absolute Gasteiger partial charge is 0.497 e. The molecule has 0 aliphatic carbocycles. The van der Waals surface area contributed by atoms with Crippen LogP contribution in [0, 0.1) is 0 Å². The maximum atomic E-state index is 12.2. The van der Waals surface area contributed by atoms with E-state index in [9.17, 15) is 4.79 Å². The molecule has 5 heteroatoms. The fourth-order valence-corrected chi connectivity index (χ4v) is 1.99. The average molecular weight is 300 g/mol. The monoisotopic (exact) mass is 300 g/mol. The number of hydrogen-bond acceptors (Lipinski definition) is 4. The summed E-state index contributed by atoms with van der Waals surface area (Å²) in [6.45, 7) is 1.79. The zero-order valence-electron chi connectivity index (χ0n) is 12.9. The van der Waals surface area contributed by atoms with Crippen LogP contribution in [0.3, 0.4) is 0 Å². The molecule has 2 aromatic rings. The topological polar surface area (TPSA) is 59.6 Å². The van der Waals surface area contributed by atoms with E-state index in [-0.39, 0.29) is 5.91 Å². The SMILES string of the molecule is COc1ccc(NC(C)C(=O)Nc2ccccc2)c(OC)c1. The predicted molar refractivity (Wildman–Crippen MR) is 87.7 cm³/mol. The number of para-hydroxylation sites is 1. The summed E-state index contributed by atoms with van der Waals surface area (Å²) in [7, 11) is 3.17. The molecule has 5 nitrogen and oxygen atoms in total. The molecule has 0 aromatic heterocycles. The molecule has 0 aliphatic heterocycles. The Labute approximate surface area is 130 Å². The summed E-state index contributed by atoms with van der Waals surface area (Å²) in [6.07, 6.45) is 0. The molecule has 0 spiro atoms. The van der Waals surface area contributed by atoms with Crippen molar-refractivity contribution in [2.45, 2.75) is 13.0 Å². The van der Waals surface area contributed by atoms with Crippen LogP contribution in [0.1, 0.15) is 6.92 Å². The number of hydrogen-bond donors (Lipinski definition) is 2. The van der Waals surface area contributed by atoms with E-state index >= 15 is 0 Å². The van der Waals surface area contributed by atoms with Crippen molar-refractivity contribution < 1.29 is 14.3 Å². The van der Waals surface area contributed by atoms with Crippen LogP contribution in [0.25, 0.3) is 0 Å². The molecule has 0 bridgehead atoms. The van der Waals surface area contributed by atoms with Gasteiger partial charge in [-0.3, -0.25) is 4.79 Å². The first-order valence-corrected chi connectivity index (χ1v) is 6.98. The molecule has 2 rings (SSSR count). The Bertz CT molecular complexity index is 629. The summed E-state index contributed by atoms with van der Waals surface area (Å²) in [5.74, 6) is 1.20. The van der Waals surface area contributed by atoms with Crippen molar-refractivity contribution in [3.05, 3.63) is 48.5 Å². The zero-order valence-corrected chi connectivity index (χ0v) is 12.9. The van der Waals surface area contributed by atoms with E-state index in [1.807, 2.05) is 42.5 Å². The van der Waals surface area contributed by atoms with Gasteiger partial charge in [0.2, 0.25) is 5.91 Å². The van der Waals surface area contributed by atoms with Crippen molar-refractivity contribution in [1.29, 1.82) is 0 Å². The Kier molecular flexibility index (Phi) is 5.25. The van der Waals surface area contributed by atoms with Gasteiger partial charge >= 0.3 is 0 Å². The number of nitrogens with one attached hydrogen (secondary N) is 2. The minimum atomic E-state index is -0.414. The number of carbonyl (C=O) groups is 1. The third kappa shape index (κ3) is 3.91. The standard InChI is InChI=1S/C17H20N2O3/c1-12(17(20)19-13-7-5-4-6-8-13)18-15-10-9-14(21-2)11-16(15)22-3/h4-12,18H,1-3H3,(H,19,20). The van der Waals surface area contributed by atoms with Gasteiger partial charge in [-0.2, -0.15) is 0 Å². The van der Waals surface area contributed by atoms with E-state index in [0.717, 1.165) is 11.4 Å². The van der Waals surface area contributed by atoms with E-state index in [1.165, 1.54) is 0 Å². The third-order valence-electron chi connectivity index (χ3n) is 3.22. The highest BCUT2D eigenvalue weighted by molar-refractivity contribution is 5.96. The molecule has 0 aliphatic rings. The van der Waals surface area contributed by atoms with Crippen LogP contribution in [0.4, 0.5) is 11.4 Å². The fraction of sp³-hybridized carbons (Fsp3) is 0.235. The quantitative estimate of drug-likeness (QED) is 0.860. The lowest BCUT2D eigenvalue weighted by Crippen LogP contribution is -2.31. The van der Waals surface area contributed by atoms with E-state index in [2.05, 4.69) is 10.6 Å². The van der Waals surface area contributed by atoms with Gasteiger partial charge in [0.25, 0.3) is 0 Å². The van der Waals surface area contributed by atoms with Crippen LogP contribution < -0.4 is 20.1 Å². The average Bonchev–Trinajstić information content (AvgIpc) is 2.56. The van der Waals surface area contributed by atoms with E-state index in [4.69, 9.17) is 9.47 Å². The molecule has 22 heavy (non-hydrogen) atoms. The number of benzene rings is 2. The number of anilines is 2. The highest BCUT2D eigenvalue weighted by Gasteiger charge is 2.15. The van der Waals surface area contributed by atoms with Crippen molar-refractivity contribution in [2.24, 2.45) is 0 Å². The van der Waals surface area contributed by atoms with Crippen LogP contribution >= 0.6 is 0 Å². The molecule has 0 radical (unpaired) electrons. The van der Waals surface area contributed by atoms with Gasteiger partial charge in [0, 0.05) is 11.8 Å². The van der Waals surface area contributed by atoms with E-state index < -0.39 is 6.04 Å². The molecular formula is C17H20N2O3. The lowest BCUT2D eigenvalue weighted by molar-refractivity contribution is -0.116. The molecule has 0 fully saturated rings. The minimum Gasteiger partial charge on any atom is -0.497 e. The Morgan fingerprint density at radius 2 is 1.77 bits per heavy atom. The van der Waals surface area contributed by atoms with Gasteiger partial charge in [-0.15, -0.1) is 0 Å². The maximum absolute atomic E-state index is 12.2. The molecule has 2 N–H and O–H groups in total. The Morgan fingerprint density at radius 3 is 2.41 bits per heavy atom. The molecule has 1 atom stereocenters. The molecule has 2 aromatic carbocycles. The molecule has 0 saturated carbocycles. The van der Waals surface area contributed by atoms with Crippen molar-refractivity contribution in [3.8, 4) is 11.5 Å². The second-order valence-electron chi connectivity index (χ2n) is 4.79. The summed E-state index contributed by atoms with van der Waals surface area (Å²) < 4.78 is 10.5. The van der Waals surface area contributed by atoms with Gasteiger partial charge in [-0.1, -0.05) is 18.2 Å². The van der Waals surface area contributed by atoms with Gasteiger partial charge in [-0.05, 0) is 31.2 Å². The van der Waals surface area contributed by atoms with Gasteiger partial charge in [0.1, 0.15) is 17.5 Å². The predicted octanol–water partition coefficient (Wildman–Crippen LogP) is 3.14. The number of rotatable bonds is 6. The lowest BCUT2D eigenvalue weighted by Gasteiger charge is -2.18. The lowest BCUT2D eigenvalue weighted by atomic mass is 10.2. The van der Waals surface area contributed by atoms with Gasteiger partial charge in [-0.25, -0.2) is 0 Å². The molecule has 0 saturated heterocycles. The first-order chi connectivity index (χ1) is 10.6. The van der Waals surface area contributed by atoms with Gasteiger partial charge < -0.3 is 20.1 Å². The summed E-state index contributed by atoms with van der Waals surface area (Å²) in [5.41, 5.74) is 1.50. The Balaban J connectivity index is 2.05. The first-order valence-electron chi connectivity index (χ1n) is 6.98. The van der Waals surface area contributed by atoms with Crippen molar-refractivity contribution in [3.63, 3.8) is 0 Å². The van der Waals surface area contributed by atoms with Crippen LogP contribution in [0.2, 0.25) is 0 Å². The molecule has 1 amide bonds. The molecule has 0 heterocycles. The van der Waals surface area contributed by atoms with Crippen LogP contribution in [-0.4, -0.2) is 26.2 Å². The number of ether oxygens (including phenoxy) is 2. The molecule has 1 unspecified atom stereocenters. The molecule has 116 valence electrons. The summed E-state index contributed by atoms with van der Waals surface area (Å²) >= 11 is 0. The van der Waals surface area contributed by atoms with E-state index in [0.29, 0.717) is 11.5 Å². The van der Waals surface area contributed by atoms with Gasteiger partial charge in [0.15, 0.2) is 0 Å². The zero-order chi connectivity index (χ0) is 15.9. The number of amides is 1.